The fraction of sp³-hybridized carbons (Fsp3) is 0.625. The Bertz CT molecular complexity index is 879. The highest BCUT2D eigenvalue weighted by Gasteiger charge is 2.34. The van der Waals surface area contributed by atoms with Gasteiger partial charge in [-0.3, -0.25) is 0 Å². The van der Waals surface area contributed by atoms with Crippen LogP contribution in [0.4, 0.5) is 0 Å². The maximum atomic E-state index is 2.56. The van der Waals surface area contributed by atoms with Crippen molar-refractivity contribution in [1.82, 2.24) is 0 Å². The molecule has 2 aromatic rings. The first kappa shape index (κ1) is 25.0. The van der Waals surface area contributed by atoms with E-state index in [4.69, 9.17) is 0 Å². The van der Waals surface area contributed by atoms with Gasteiger partial charge in [0.25, 0.3) is 0 Å². The summed E-state index contributed by atoms with van der Waals surface area (Å²) in [7, 11) is -0.106. The van der Waals surface area contributed by atoms with Crippen LogP contribution in [0.2, 0.25) is 0 Å². The van der Waals surface area contributed by atoms with Gasteiger partial charge in [0, 0.05) is 0 Å². The first-order valence-electron chi connectivity index (χ1n) is 14.1. The van der Waals surface area contributed by atoms with Crippen molar-refractivity contribution in [1.29, 1.82) is 0 Å². The topological polar surface area (TPSA) is 0 Å². The molecule has 0 spiro atoms. The van der Waals surface area contributed by atoms with Crippen molar-refractivity contribution in [2.45, 2.75) is 128 Å². The molecule has 4 rings (SSSR count). The van der Waals surface area contributed by atoms with E-state index in [1.807, 2.05) is 0 Å². The van der Waals surface area contributed by atoms with Crippen molar-refractivity contribution in [2.24, 2.45) is 0 Å². The molecule has 0 radical (unpaired) electrons. The van der Waals surface area contributed by atoms with E-state index in [9.17, 15) is 0 Å². The van der Waals surface area contributed by atoms with Crippen LogP contribution >= 0.6 is 7.92 Å². The molecule has 0 heterocycles. The van der Waals surface area contributed by atoms with Crippen LogP contribution < -0.4 is 5.30 Å². The van der Waals surface area contributed by atoms with Gasteiger partial charge in [0.1, 0.15) is 0 Å². The normalized spacial score (nSPS) is 18.5. The highest BCUT2D eigenvalue weighted by molar-refractivity contribution is 7.67. The molecular weight excluding hydrogens is 415 g/mol. The third-order valence-corrected chi connectivity index (χ3v) is 11.9. The largest absolute Gasteiger partial charge is 0.0683 e. The molecule has 2 aliphatic rings. The fourth-order valence-electron chi connectivity index (χ4n) is 6.47. The highest BCUT2D eigenvalue weighted by Crippen LogP contribution is 2.56. The summed E-state index contributed by atoms with van der Waals surface area (Å²) in [4.78, 5) is 0. The molecule has 180 valence electrons. The average molecular weight is 463 g/mol. The van der Waals surface area contributed by atoms with Gasteiger partial charge >= 0.3 is 0 Å². The summed E-state index contributed by atoms with van der Waals surface area (Å²) in [5.41, 5.74) is 9.73. The summed E-state index contributed by atoms with van der Waals surface area (Å²) >= 11 is 0. The monoisotopic (exact) mass is 462 g/mol. The minimum Gasteiger partial charge on any atom is -0.0683 e. The molecule has 0 unspecified atom stereocenters. The lowest BCUT2D eigenvalue weighted by Crippen LogP contribution is -2.27. The predicted molar refractivity (Wildman–Crippen MR) is 150 cm³/mol. The Hall–Kier alpha value is -1.13. The van der Waals surface area contributed by atoms with Crippen molar-refractivity contribution < 1.29 is 0 Å². The van der Waals surface area contributed by atoms with E-state index in [0.717, 1.165) is 17.7 Å². The van der Waals surface area contributed by atoms with Gasteiger partial charge < -0.3 is 0 Å². The molecule has 2 fully saturated rings. The van der Waals surface area contributed by atoms with Gasteiger partial charge in [0.15, 0.2) is 0 Å². The van der Waals surface area contributed by atoms with Gasteiger partial charge in [0.2, 0.25) is 0 Å². The molecule has 0 bridgehead atoms. The summed E-state index contributed by atoms with van der Waals surface area (Å²) in [5.74, 6) is 1.13. The quantitative estimate of drug-likeness (QED) is 0.359. The molecule has 0 N–H and O–H groups in total. The third-order valence-electron chi connectivity index (χ3n) is 8.33. The van der Waals surface area contributed by atoms with E-state index in [1.165, 1.54) is 69.8 Å². The van der Waals surface area contributed by atoms with Crippen molar-refractivity contribution in [2.75, 3.05) is 0 Å². The second kappa shape index (κ2) is 11.5. The molecule has 0 atom stereocenters. The fourth-order valence-corrected chi connectivity index (χ4v) is 10.4. The van der Waals surface area contributed by atoms with Crippen molar-refractivity contribution in [3.05, 3.63) is 53.1 Å². The maximum absolute atomic E-state index is 2.56. The molecule has 0 aromatic heterocycles. The van der Waals surface area contributed by atoms with Crippen molar-refractivity contribution >= 4 is 13.2 Å². The highest BCUT2D eigenvalue weighted by atomic mass is 31.1. The summed E-state index contributed by atoms with van der Waals surface area (Å²) in [6, 6.07) is 14.8. The van der Waals surface area contributed by atoms with Gasteiger partial charge in [-0.05, 0) is 88.4 Å². The average Bonchev–Trinajstić information content (AvgIpc) is 2.85. The molecule has 0 saturated heterocycles. The predicted octanol–water partition coefficient (Wildman–Crippen LogP) is 9.94. The summed E-state index contributed by atoms with van der Waals surface area (Å²) < 4.78 is 0. The molecule has 33 heavy (non-hydrogen) atoms. The first-order valence-corrected chi connectivity index (χ1v) is 15.5. The Labute approximate surface area is 205 Å². The van der Waals surface area contributed by atoms with Crippen LogP contribution in [0.1, 0.15) is 127 Å². The van der Waals surface area contributed by atoms with E-state index in [-0.39, 0.29) is 7.92 Å². The summed E-state index contributed by atoms with van der Waals surface area (Å²) in [6.45, 7) is 11.8. The molecule has 2 aliphatic carbocycles. The van der Waals surface area contributed by atoms with Crippen LogP contribution in [0.3, 0.4) is 0 Å². The Morgan fingerprint density at radius 3 is 1.85 bits per heavy atom. The van der Waals surface area contributed by atoms with Gasteiger partial charge in [0.05, 0.1) is 0 Å². The smallest absolute Gasteiger partial charge is 0.0101 e. The van der Waals surface area contributed by atoms with Crippen molar-refractivity contribution in [3.63, 3.8) is 0 Å². The van der Waals surface area contributed by atoms with Crippen LogP contribution in [0.15, 0.2) is 36.4 Å². The minimum absolute atomic E-state index is 0.106. The lowest BCUT2D eigenvalue weighted by Gasteiger charge is -2.40. The zero-order valence-electron chi connectivity index (χ0n) is 22.0. The lowest BCUT2D eigenvalue weighted by atomic mass is 9.84. The maximum Gasteiger partial charge on any atom is -0.0101 e. The van der Waals surface area contributed by atoms with E-state index in [1.54, 1.807) is 27.6 Å². The van der Waals surface area contributed by atoms with E-state index >= 15 is 0 Å². The second-order valence-electron chi connectivity index (χ2n) is 11.3. The van der Waals surface area contributed by atoms with Crippen LogP contribution in [0.25, 0.3) is 11.1 Å². The van der Waals surface area contributed by atoms with Crippen LogP contribution in [-0.4, -0.2) is 11.3 Å². The number of hydrogen-bond acceptors (Lipinski definition) is 0. The SMILES string of the molecule is CCc1cc(C(C)C)cc(C(C)C)c1-c1ccccc1P(C1CCCCC1)C1CCCCC1. The molecular formula is C32H47P. The van der Waals surface area contributed by atoms with E-state index in [0.29, 0.717) is 11.8 Å². The molecule has 2 aromatic carbocycles. The third kappa shape index (κ3) is 5.59. The molecule has 1 heteroatoms. The second-order valence-corrected chi connectivity index (χ2v) is 14.1. The zero-order valence-corrected chi connectivity index (χ0v) is 22.9. The number of benzene rings is 2. The Morgan fingerprint density at radius 1 is 0.758 bits per heavy atom. The van der Waals surface area contributed by atoms with Gasteiger partial charge in [-0.25, -0.2) is 0 Å². The van der Waals surface area contributed by atoms with Gasteiger partial charge in [-0.2, -0.15) is 0 Å². The minimum atomic E-state index is -0.106. The van der Waals surface area contributed by atoms with E-state index < -0.39 is 0 Å². The number of hydrogen-bond donors (Lipinski definition) is 0. The molecule has 2 saturated carbocycles. The van der Waals surface area contributed by atoms with Crippen LogP contribution in [0, 0.1) is 0 Å². The van der Waals surface area contributed by atoms with Gasteiger partial charge in [-0.1, -0.05) is 117 Å². The zero-order chi connectivity index (χ0) is 23.4. The molecule has 0 nitrogen and oxygen atoms in total. The Balaban J connectivity index is 1.88. The van der Waals surface area contributed by atoms with Crippen LogP contribution in [-0.2, 0) is 6.42 Å². The number of rotatable bonds is 7. The summed E-state index contributed by atoms with van der Waals surface area (Å²) in [6.07, 6.45) is 15.8. The van der Waals surface area contributed by atoms with Crippen molar-refractivity contribution in [3.8, 4) is 11.1 Å². The first-order chi connectivity index (χ1) is 16.0. The lowest BCUT2D eigenvalue weighted by molar-refractivity contribution is 0.487. The Kier molecular flexibility index (Phi) is 8.73. The van der Waals surface area contributed by atoms with Gasteiger partial charge in [-0.15, -0.1) is 0 Å². The molecule has 0 amide bonds. The number of aryl methyl sites for hydroxylation is 1. The Morgan fingerprint density at radius 2 is 1.33 bits per heavy atom. The van der Waals surface area contributed by atoms with Crippen LogP contribution in [0.5, 0.6) is 0 Å². The standard InChI is InChI=1S/C32H47P/c1-6-25-21-26(23(2)3)22-30(24(4)5)32(25)29-19-13-14-20-31(29)33(27-15-9-7-10-16-27)28-17-11-8-12-18-28/h13-14,19-24,27-28H,6-12,15-18H2,1-5H3. The molecule has 0 aliphatic heterocycles. The van der Waals surface area contributed by atoms with E-state index in [2.05, 4.69) is 71.0 Å². The summed E-state index contributed by atoms with van der Waals surface area (Å²) in [5, 5.41) is 1.75.